The monoisotopic (exact) mass is 984 g/mol. The zero-order chi connectivity index (χ0) is 46.3. The summed E-state index contributed by atoms with van der Waals surface area (Å²) in [6, 6.07) is 25.0. The molecule has 324 valence electrons. The van der Waals surface area contributed by atoms with Crippen molar-refractivity contribution >= 4 is 132 Å². The quantitative estimate of drug-likeness (QED) is 0.0708. The van der Waals surface area contributed by atoms with Gasteiger partial charge in [0.15, 0.2) is 27.0 Å². The number of hydrogen-bond donors (Lipinski definition) is 0. The zero-order valence-electron chi connectivity index (χ0n) is 33.9. The van der Waals surface area contributed by atoms with E-state index in [0.717, 1.165) is 57.5 Å². The molecule has 3 aliphatic heterocycles. The number of allylic oxidation sites excluding steroid dienone is 2. The molecule has 23 heteroatoms. The number of carbonyl (C=O) groups is 4. The summed E-state index contributed by atoms with van der Waals surface area (Å²) in [5, 5.41) is 38.7. The normalized spacial score (nSPS) is 16.2. The van der Waals surface area contributed by atoms with Crippen LogP contribution in [-0.2, 0) is 47.5 Å². The van der Waals surface area contributed by atoms with E-state index in [4.69, 9.17) is 24.2 Å². The number of benzene rings is 2. The van der Waals surface area contributed by atoms with Crippen molar-refractivity contribution in [1.29, 1.82) is 21.0 Å². The van der Waals surface area contributed by atoms with E-state index in [1.54, 1.807) is 62.4 Å². The van der Waals surface area contributed by atoms with E-state index in [9.17, 15) is 30.6 Å². The summed E-state index contributed by atoms with van der Waals surface area (Å²) in [7, 11) is 0. The lowest BCUT2D eigenvalue weighted by atomic mass is 9.91. The molecule has 3 aliphatic rings. The molecule has 7 heterocycles. The van der Waals surface area contributed by atoms with Gasteiger partial charge in [0.05, 0.1) is 20.0 Å². The predicted octanol–water partition coefficient (Wildman–Crippen LogP) is 8.54. The molecule has 2 aromatic carbocycles. The van der Waals surface area contributed by atoms with Crippen molar-refractivity contribution in [3.63, 3.8) is 0 Å². The molecule has 17 nitrogen and oxygen atoms in total. The average Bonchev–Trinajstić information content (AvgIpc) is 4.18. The number of hydrogen-bond acceptors (Lipinski definition) is 21. The van der Waals surface area contributed by atoms with Crippen LogP contribution in [-0.4, -0.2) is 66.7 Å². The smallest absolute Gasteiger partial charge is 0.367 e. The van der Waals surface area contributed by atoms with Crippen LogP contribution < -0.4 is 4.74 Å². The Bertz CT molecular complexity index is 3290. The molecule has 9 rings (SSSR count). The summed E-state index contributed by atoms with van der Waals surface area (Å²) < 4.78 is 19.4. The van der Waals surface area contributed by atoms with Crippen molar-refractivity contribution in [2.45, 2.75) is 32.7 Å². The maximum Gasteiger partial charge on any atom is 0.367 e. The number of aliphatic imine (C=N–C) groups is 2. The number of thioether (sulfide) groups is 2. The Morgan fingerprint density at radius 3 is 1.56 bits per heavy atom. The Morgan fingerprint density at radius 2 is 1.11 bits per heavy atom. The van der Waals surface area contributed by atoms with Crippen LogP contribution in [0.3, 0.4) is 0 Å². The summed E-state index contributed by atoms with van der Waals surface area (Å²) in [6.45, 7) is 3.30. The van der Waals surface area contributed by atoms with Gasteiger partial charge in [-0.25, -0.2) is 29.5 Å². The second-order valence-corrected chi connectivity index (χ2v) is 19.6. The zero-order valence-corrected chi connectivity index (χ0v) is 38.8. The number of ether oxygens (including phenoxy) is 3. The lowest BCUT2D eigenvalue weighted by molar-refractivity contribution is -0.183. The first kappa shape index (κ1) is 44.0. The van der Waals surface area contributed by atoms with Gasteiger partial charge in [0.1, 0.15) is 61.9 Å². The number of fused-ring (bicyclic) bond motifs is 7. The molecule has 0 bridgehead atoms. The maximum atomic E-state index is 15.0. The SMILES string of the molecule is CCN1C(=O)/C(=N/c2nc3sc4c(c3s2)C(C(=O)OCc2ccccc2)(C(=O)OCc2ccccc2)Oc2c-4sc3nc(/N=C4/SC(=C(C#N)C#N)N(CC)C4=O)sc23)SC1=C(C#N)C#N. The van der Waals surface area contributed by atoms with Gasteiger partial charge in [-0.2, -0.15) is 21.0 Å². The van der Waals surface area contributed by atoms with Crippen LogP contribution in [0.2, 0.25) is 0 Å². The molecule has 0 radical (unpaired) electrons. The highest BCUT2D eigenvalue weighted by Crippen LogP contribution is 2.61. The lowest BCUT2D eigenvalue weighted by Gasteiger charge is -2.33. The average molecular weight is 985 g/mol. The number of nitrogens with zero attached hydrogens (tertiary/aromatic N) is 10. The fraction of sp³-hybridized carbons (Fsp3) is 0.163. The van der Waals surface area contributed by atoms with Crippen molar-refractivity contribution in [3.05, 3.63) is 98.6 Å². The van der Waals surface area contributed by atoms with E-state index in [0.29, 0.717) is 39.9 Å². The third-order valence-corrected chi connectivity index (χ3v) is 16.5. The first-order valence-electron chi connectivity index (χ1n) is 19.3. The van der Waals surface area contributed by atoms with Crippen LogP contribution in [0.15, 0.2) is 91.9 Å². The van der Waals surface area contributed by atoms with Gasteiger partial charge < -0.3 is 14.2 Å². The third kappa shape index (κ3) is 7.47. The summed E-state index contributed by atoms with van der Waals surface area (Å²) in [4.78, 5) is 79.6. The van der Waals surface area contributed by atoms with Crippen molar-refractivity contribution < 1.29 is 33.4 Å². The predicted molar refractivity (Wildman–Crippen MR) is 249 cm³/mol. The Balaban J connectivity index is 1.20. The van der Waals surface area contributed by atoms with Crippen LogP contribution in [0.4, 0.5) is 10.3 Å². The standard InChI is InChI=1S/C43H24N10O7S6/c1-3-52-35(54)33(65-37(52)23(15-44)16-45)50-41-48-31-28(63-41)25-27(61-31)29-26(30-32(62-29)49-42(64-30)51-34-36(55)53(4-2)38(66-34)24(17-46)18-47)60-43(25,39(56)58-19-21-11-7-5-8-12-21)40(57)59-20-22-13-9-6-10-14-22/h5-14H,3-4,19-20H2,1-2H3/b50-33-,51-34+. The van der Waals surface area contributed by atoms with E-state index < -0.39 is 29.4 Å². The molecule has 2 fully saturated rings. The van der Waals surface area contributed by atoms with Crippen LogP contribution in [0.5, 0.6) is 5.75 Å². The number of carbonyl (C=O) groups excluding carboxylic acids is 4. The van der Waals surface area contributed by atoms with Crippen molar-refractivity contribution in [1.82, 2.24) is 19.8 Å². The van der Waals surface area contributed by atoms with Gasteiger partial charge in [0, 0.05) is 13.1 Å². The van der Waals surface area contributed by atoms with E-state index in [2.05, 4.69) is 9.98 Å². The number of thiazole rings is 2. The van der Waals surface area contributed by atoms with Gasteiger partial charge in [0.25, 0.3) is 11.8 Å². The Labute approximate surface area is 397 Å². The van der Waals surface area contributed by atoms with Gasteiger partial charge >= 0.3 is 17.5 Å². The molecule has 0 spiro atoms. The van der Waals surface area contributed by atoms with Crippen LogP contribution >= 0.6 is 68.9 Å². The minimum Gasteiger partial charge on any atom is -0.457 e. The fourth-order valence-corrected chi connectivity index (χ4v) is 13.8. The second-order valence-electron chi connectivity index (χ2n) is 13.7. The van der Waals surface area contributed by atoms with Gasteiger partial charge in [-0.15, -0.1) is 22.7 Å². The molecule has 0 N–H and O–H groups in total. The summed E-state index contributed by atoms with van der Waals surface area (Å²) in [6.07, 6.45) is 0. The van der Waals surface area contributed by atoms with Crippen molar-refractivity contribution in [3.8, 4) is 39.8 Å². The van der Waals surface area contributed by atoms with Gasteiger partial charge in [0.2, 0.25) is 10.3 Å². The Kier molecular flexibility index (Phi) is 12.0. The molecular weight excluding hydrogens is 961 g/mol. The molecule has 2 amide bonds. The van der Waals surface area contributed by atoms with Gasteiger partial charge in [-0.3, -0.25) is 19.4 Å². The number of amides is 2. The summed E-state index contributed by atoms with van der Waals surface area (Å²) in [5.41, 5.74) is -1.72. The van der Waals surface area contributed by atoms with Crippen LogP contribution in [0.1, 0.15) is 30.5 Å². The molecule has 66 heavy (non-hydrogen) atoms. The molecular formula is C43H24N10O7S6. The number of esters is 2. The minimum absolute atomic E-state index is 0.0106. The molecule has 0 atom stereocenters. The van der Waals surface area contributed by atoms with E-state index >= 15 is 9.59 Å². The molecule has 0 aliphatic carbocycles. The van der Waals surface area contributed by atoms with E-state index in [-0.39, 0.29) is 79.2 Å². The number of rotatable bonds is 10. The molecule has 0 saturated carbocycles. The number of aromatic nitrogens is 2. The first-order chi connectivity index (χ1) is 32.1. The van der Waals surface area contributed by atoms with Crippen molar-refractivity contribution in [2.75, 3.05) is 13.1 Å². The molecule has 0 unspecified atom stereocenters. The largest absolute Gasteiger partial charge is 0.457 e. The van der Waals surface area contributed by atoms with Gasteiger partial charge in [-0.05, 0) is 48.5 Å². The summed E-state index contributed by atoms with van der Waals surface area (Å²) in [5.74, 6) is -3.10. The second kappa shape index (κ2) is 18.0. The van der Waals surface area contributed by atoms with Gasteiger partial charge in [-0.1, -0.05) is 83.3 Å². The maximum absolute atomic E-state index is 15.0. The van der Waals surface area contributed by atoms with Crippen LogP contribution in [0, 0.1) is 45.3 Å². The van der Waals surface area contributed by atoms with E-state index in [1.807, 2.05) is 36.4 Å². The number of thiophene rings is 2. The number of nitriles is 4. The molecule has 6 aromatic rings. The molecule has 2 saturated heterocycles. The minimum atomic E-state index is -2.60. The molecule has 4 aromatic heterocycles. The highest BCUT2D eigenvalue weighted by Gasteiger charge is 2.60. The highest BCUT2D eigenvalue weighted by molar-refractivity contribution is 8.20. The highest BCUT2D eigenvalue weighted by atomic mass is 32.2. The Hall–Kier alpha value is -7.22. The lowest BCUT2D eigenvalue weighted by Crippen LogP contribution is -2.52. The van der Waals surface area contributed by atoms with E-state index in [1.165, 1.54) is 21.1 Å². The summed E-state index contributed by atoms with van der Waals surface area (Å²) >= 11 is 6.13. The van der Waals surface area contributed by atoms with Crippen LogP contribution in [0.25, 0.3) is 28.8 Å². The van der Waals surface area contributed by atoms with Crippen molar-refractivity contribution in [2.24, 2.45) is 9.98 Å². The third-order valence-electron chi connectivity index (χ3n) is 9.88. The fourth-order valence-electron chi connectivity index (χ4n) is 6.87. The first-order valence-corrected chi connectivity index (χ1v) is 24.2. The topological polar surface area (TPSA) is 248 Å². The Morgan fingerprint density at radius 1 is 0.667 bits per heavy atom.